The van der Waals surface area contributed by atoms with E-state index in [0.29, 0.717) is 17.7 Å². The summed E-state index contributed by atoms with van der Waals surface area (Å²) in [6, 6.07) is 9.08. The summed E-state index contributed by atoms with van der Waals surface area (Å²) in [5.41, 5.74) is 0.196. The van der Waals surface area contributed by atoms with Crippen molar-refractivity contribution < 1.29 is 27.8 Å². The highest BCUT2D eigenvalue weighted by Crippen LogP contribution is 2.34. The number of urea groups is 1. The van der Waals surface area contributed by atoms with Gasteiger partial charge in [-0.05, 0) is 30.2 Å². The monoisotopic (exact) mass is 354 g/mol. The summed E-state index contributed by atoms with van der Waals surface area (Å²) in [4.78, 5) is 12.1. The van der Waals surface area contributed by atoms with Gasteiger partial charge in [-0.2, -0.15) is 13.2 Å². The van der Waals surface area contributed by atoms with Crippen LogP contribution in [0, 0.1) is 0 Å². The van der Waals surface area contributed by atoms with Crippen LogP contribution in [0.3, 0.4) is 0 Å². The molecule has 0 saturated carbocycles. The maximum absolute atomic E-state index is 12.9. The van der Waals surface area contributed by atoms with E-state index in [1.807, 2.05) is 0 Å². The van der Waals surface area contributed by atoms with Crippen LogP contribution in [-0.2, 0) is 12.6 Å². The zero-order valence-electron chi connectivity index (χ0n) is 13.4. The number of rotatable bonds is 5. The molecule has 2 aromatic rings. The molecule has 2 amide bonds. The zero-order valence-corrected chi connectivity index (χ0v) is 13.4. The number of anilines is 2. The third-order valence-electron chi connectivity index (χ3n) is 3.37. The van der Waals surface area contributed by atoms with Crippen LogP contribution in [0.4, 0.5) is 29.3 Å². The normalized spacial score (nSPS) is 11.1. The number of hydrogen-bond acceptors (Lipinski definition) is 3. The van der Waals surface area contributed by atoms with Crippen LogP contribution in [0.25, 0.3) is 0 Å². The molecule has 5 nitrogen and oxygen atoms in total. The van der Waals surface area contributed by atoms with Gasteiger partial charge in [-0.1, -0.05) is 18.2 Å². The van der Waals surface area contributed by atoms with Gasteiger partial charge in [0.2, 0.25) is 0 Å². The Balaban J connectivity index is 2.18. The van der Waals surface area contributed by atoms with Crippen molar-refractivity contribution in [3.8, 4) is 5.75 Å². The first-order valence-electron chi connectivity index (χ1n) is 7.36. The van der Waals surface area contributed by atoms with Gasteiger partial charge in [0.1, 0.15) is 5.75 Å². The van der Waals surface area contributed by atoms with Crippen LogP contribution in [-0.4, -0.2) is 24.9 Å². The van der Waals surface area contributed by atoms with Crippen molar-refractivity contribution in [2.45, 2.75) is 12.6 Å². The topological polar surface area (TPSA) is 70.6 Å². The van der Waals surface area contributed by atoms with Crippen molar-refractivity contribution in [1.29, 1.82) is 0 Å². The molecular formula is C17H17F3N2O3. The lowest BCUT2D eigenvalue weighted by atomic mass is 10.1. The zero-order chi connectivity index (χ0) is 18.4. The van der Waals surface area contributed by atoms with Gasteiger partial charge in [-0.3, -0.25) is 0 Å². The number of amides is 2. The van der Waals surface area contributed by atoms with Crippen molar-refractivity contribution in [3.05, 3.63) is 53.6 Å². The molecule has 0 bridgehead atoms. The van der Waals surface area contributed by atoms with E-state index in [2.05, 4.69) is 10.6 Å². The van der Waals surface area contributed by atoms with Crippen molar-refractivity contribution >= 4 is 17.4 Å². The molecule has 0 aliphatic carbocycles. The summed E-state index contributed by atoms with van der Waals surface area (Å²) in [7, 11) is 1.24. The highest BCUT2D eigenvalue weighted by Gasteiger charge is 2.31. The van der Waals surface area contributed by atoms with E-state index in [-0.39, 0.29) is 18.0 Å². The Kier molecular flexibility index (Phi) is 5.87. The molecule has 0 aliphatic rings. The molecule has 0 saturated heterocycles. The van der Waals surface area contributed by atoms with Crippen molar-refractivity contribution in [2.75, 3.05) is 24.4 Å². The summed E-state index contributed by atoms with van der Waals surface area (Å²) in [5, 5.41) is 13.9. The Bertz CT molecular complexity index is 748. The lowest BCUT2D eigenvalue weighted by Gasteiger charge is -2.14. The number of para-hydroxylation sites is 1. The Morgan fingerprint density at radius 1 is 1.16 bits per heavy atom. The van der Waals surface area contributed by atoms with Crippen LogP contribution in [0.15, 0.2) is 42.5 Å². The second-order valence-corrected chi connectivity index (χ2v) is 5.16. The number of aliphatic hydroxyl groups excluding tert-OH is 1. The minimum atomic E-state index is -4.56. The Morgan fingerprint density at radius 3 is 2.52 bits per heavy atom. The third-order valence-corrected chi connectivity index (χ3v) is 3.37. The number of benzene rings is 2. The summed E-state index contributed by atoms with van der Waals surface area (Å²) in [5.74, 6) is -0.0224. The number of methoxy groups -OCH3 is 1. The van der Waals surface area contributed by atoms with Crippen LogP contribution < -0.4 is 15.4 Å². The van der Waals surface area contributed by atoms with Crippen molar-refractivity contribution in [3.63, 3.8) is 0 Å². The van der Waals surface area contributed by atoms with Crippen LogP contribution in [0.1, 0.15) is 11.1 Å². The molecule has 134 valence electrons. The Hall–Kier alpha value is -2.74. The SMILES string of the molecule is COc1cc(NC(=O)Nc2ccccc2CCO)cc(C(F)(F)F)c1. The van der Waals surface area contributed by atoms with Gasteiger partial charge in [-0.15, -0.1) is 0 Å². The lowest BCUT2D eigenvalue weighted by Crippen LogP contribution is -2.21. The predicted molar refractivity (Wildman–Crippen MR) is 87.9 cm³/mol. The molecule has 0 heterocycles. The first kappa shape index (κ1) is 18.6. The van der Waals surface area contributed by atoms with Crippen molar-refractivity contribution in [2.24, 2.45) is 0 Å². The van der Waals surface area contributed by atoms with E-state index in [1.54, 1.807) is 24.3 Å². The highest BCUT2D eigenvalue weighted by molar-refractivity contribution is 6.00. The molecule has 0 atom stereocenters. The molecule has 0 unspecified atom stereocenters. The standard InChI is InChI=1S/C17H17F3N2O3/c1-25-14-9-12(17(18,19)20)8-13(10-14)21-16(24)22-15-5-3-2-4-11(15)6-7-23/h2-5,8-10,23H,6-7H2,1H3,(H2,21,22,24). The molecule has 0 radical (unpaired) electrons. The van der Waals surface area contributed by atoms with Gasteiger partial charge in [0.25, 0.3) is 0 Å². The largest absolute Gasteiger partial charge is 0.497 e. The number of carbonyl (C=O) groups excluding carboxylic acids is 1. The number of carbonyl (C=O) groups is 1. The number of halogens is 3. The molecule has 25 heavy (non-hydrogen) atoms. The summed E-state index contributed by atoms with van der Waals surface area (Å²) >= 11 is 0. The van der Waals surface area contributed by atoms with Gasteiger partial charge in [0.05, 0.1) is 12.7 Å². The second kappa shape index (κ2) is 7.89. The van der Waals surface area contributed by atoms with E-state index in [0.717, 1.165) is 12.1 Å². The van der Waals surface area contributed by atoms with E-state index in [4.69, 9.17) is 9.84 Å². The fraction of sp³-hybridized carbons (Fsp3) is 0.235. The molecule has 0 aliphatic heterocycles. The summed E-state index contributed by atoms with van der Waals surface area (Å²) in [6.07, 6.45) is -4.22. The van der Waals surface area contributed by atoms with E-state index in [1.165, 1.54) is 13.2 Å². The molecule has 0 aromatic heterocycles. The molecule has 3 N–H and O–H groups in total. The van der Waals surface area contributed by atoms with E-state index < -0.39 is 17.8 Å². The van der Waals surface area contributed by atoms with Gasteiger partial charge in [0, 0.05) is 24.0 Å². The average Bonchev–Trinajstić information content (AvgIpc) is 2.55. The third kappa shape index (κ3) is 5.12. The lowest BCUT2D eigenvalue weighted by molar-refractivity contribution is -0.137. The number of ether oxygens (including phenoxy) is 1. The fourth-order valence-electron chi connectivity index (χ4n) is 2.22. The van der Waals surface area contributed by atoms with E-state index >= 15 is 0 Å². The number of hydrogen-bond donors (Lipinski definition) is 3. The smallest absolute Gasteiger partial charge is 0.416 e. The Labute approximate surface area is 142 Å². The quantitative estimate of drug-likeness (QED) is 0.763. The highest BCUT2D eigenvalue weighted by atomic mass is 19.4. The number of nitrogens with one attached hydrogen (secondary N) is 2. The number of aliphatic hydroxyl groups is 1. The average molecular weight is 354 g/mol. The molecular weight excluding hydrogens is 337 g/mol. The second-order valence-electron chi connectivity index (χ2n) is 5.16. The van der Waals surface area contributed by atoms with Crippen molar-refractivity contribution in [1.82, 2.24) is 0 Å². The van der Waals surface area contributed by atoms with Crippen LogP contribution in [0.2, 0.25) is 0 Å². The van der Waals surface area contributed by atoms with Crippen LogP contribution in [0.5, 0.6) is 5.75 Å². The molecule has 8 heteroatoms. The van der Waals surface area contributed by atoms with Crippen LogP contribution >= 0.6 is 0 Å². The molecule has 0 fully saturated rings. The predicted octanol–water partition coefficient (Wildman–Crippen LogP) is 3.89. The first-order chi connectivity index (χ1) is 11.8. The summed E-state index contributed by atoms with van der Waals surface area (Å²) < 4.78 is 43.5. The van der Waals surface area contributed by atoms with Gasteiger partial charge in [-0.25, -0.2) is 4.79 Å². The minimum Gasteiger partial charge on any atom is -0.497 e. The molecule has 0 spiro atoms. The van der Waals surface area contributed by atoms with E-state index in [9.17, 15) is 18.0 Å². The molecule has 2 rings (SSSR count). The fourth-order valence-corrected chi connectivity index (χ4v) is 2.22. The van der Waals surface area contributed by atoms with Gasteiger partial charge >= 0.3 is 12.2 Å². The molecule has 2 aromatic carbocycles. The minimum absolute atomic E-state index is 0.0224. The van der Waals surface area contributed by atoms with Gasteiger partial charge in [0.15, 0.2) is 0 Å². The number of alkyl halides is 3. The first-order valence-corrected chi connectivity index (χ1v) is 7.36. The Morgan fingerprint density at radius 2 is 1.88 bits per heavy atom. The maximum atomic E-state index is 12.9. The summed E-state index contributed by atoms with van der Waals surface area (Å²) in [6.45, 7) is -0.0921. The maximum Gasteiger partial charge on any atom is 0.416 e. The van der Waals surface area contributed by atoms with Gasteiger partial charge < -0.3 is 20.5 Å².